The van der Waals surface area contributed by atoms with Crippen molar-refractivity contribution in [1.82, 2.24) is 10.6 Å². The van der Waals surface area contributed by atoms with Crippen LogP contribution in [0.1, 0.15) is 25.3 Å². The van der Waals surface area contributed by atoms with Crippen molar-refractivity contribution >= 4 is 5.96 Å². The number of hydrogen-bond donors (Lipinski definition) is 2. The van der Waals surface area contributed by atoms with E-state index in [0.29, 0.717) is 0 Å². The molecule has 1 rings (SSSR count). The Labute approximate surface area is 122 Å². The Kier molecular flexibility index (Phi) is 9.32. The van der Waals surface area contributed by atoms with Crippen LogP contribution in [0.4, 0.5) is 0 Å². The van der Waals surface area contributed by atoms with Crippen LogP contribution >= 0.6 is 0 Å². The number of rotatable bonds is 9. The highest BCUT2D eigenvalue weighted by molar-refractivity contribution is 5.79. The highest BCUT2D eigenvalue weighted by Crippen LogP contribution is 2.01. The molecule has 0 atom stereocenters. The minimum atomic E-state index is 0.784. The van der Waals surface area contributed by atoms with E-state index in [1.165, 1.54) is 5.56 Å². The number of guanidine groups is 1. The molecule has 0 amide bonds. The van der Waals surface area contributed by atoms with E-state index in [1.54, 1.807) is 7.05 Å². The zero-order valence-corrected chi connectivity index (χ0v) is 12.7. The van der Waals surface area contributed by atoms with E-state index in [9.17, 15) is 0 Å². The van der Waals surface area contributed by atoms with Gasteiger partial charge < -0.3 is 15.4 Å². The van der Waals surface area contributed by atoms with Gasteiger partial charge in [-0.25, -0.2) is 0 Å². The summed E-state index contributed by atoms with van der Waals surface area (Å²) in [7, 11) is 1.80. The number of aliphatic imine (C=N–C) groups is 1. The van der Waals surface area contributed by atoms with Crippen molar-refractivity contribution < 1.29 is 4.74 Å². The third kappa shape index (κ3) is 7.79. The topological polar surface area (TPSA) is 45.6 Å². The fourth-order valence-corrected chi connectivity index (χ4v) is 1.89. The van der Waals surface area contributed by atoms with Gasteiger partial charge in [0.25, 0.3) is 0 Å². The van der Waals surface area contributed by atoms with Crippen molar-refractivity contribution in [2.24, 2.45) is 4.99 Å². The summed E-state index contributed by atoms with van der Waals surface area (Å²) in [5.41, 5.74) is 1.38. The lowest BCUT2D eigenvalue weighted by molar-refractivity contribution is 0.145. The molecule has 0 spiro atoms. The Bertz CT molecular complexity index is 365. The molecule has 20 heavy (non-hydrogen) atoms. The third-order valence-electron chi connectivity index (χ3n) is 2.96. The summed E-state index contributed by atoms with van der Waals surface area (Å²) in [4.78, 5) is 4.20. The van der Waals surface area contributed by atoms with Crippen LogP contribution in [-0.4, -0.2) is 39.3 Å². The lowest BCUT2D eigenvalue weighted by Gasteiger charge is -2.11. The van der Waals surface area contributed by atoms with Gasteiger partial charge in [-0.15, -0.1) is 0 Å². The normalized spacial score (nSPS) is 11.4. The van der Waals surface area contributed by atoms with Crippen molar-refractivity contribution in [1.29, 1.82) is 0 Å². The number of aryl methyl sites for hydroxylation is 1. The van der Waals surface area contributed by atoms with Crippen LogP contribution in [0.5, 0.6) is 0 Å². The van der Waals surface area contributed by atoms with E-state index in [4.69, 9.17) is 4.74 Å². The van der Waals surface area contributed by atoms with Gasteiger partial charge in [0.2, 0.25) is 0 Å². The van der Waals surface area contributed by atoms with E-state index in [2.05, 4.69) is 46.0 Å². The summed E-state index contributed by atoms with van der Waals surface area (Å²) in [5, 5.41) is 6.61. The predicted molar refractivity (Wildman–Crippen MR) is 85.2 cm³/mol. The van der Waals surface area contributed by atoms with Crippen LogP contribution in [0.2, 0.25) is 0 Å². The predicted octanol–water partition coefficient (Wildman–Crippen LogP) is 2.21. The number of hydrogen-bond acceptors (Lipinski definition) is 2. The summed E-state index contributed by atoms with van der Waals surface area (Å²) < 4.78 is 5.30. The standard InChI is InChI=1S/C16H27N3O/c1-3-20-14-8-13-19-16(17-2)18-12-7-11-15-9-5-4-6-10-15/h4-6,9-10H,3,7-8,11-14H2,1-2H3,(H2,17,18,19). The maximum absolute atomic E-state index is 5.30. The molecule has 0 saturated carbocycles. The van der Waals surface area contributed by atoms with Crippen molar-refractivity contribution in [2.45, 2.75) is 26.2 Å². The summed E-state index contributed by atoms with van der Waals surface area (Å²) in [6.07, 6.45) is 3.19. The molecule has 0 radical (unpaired) electrons. The van der Waals surface area contributed by atoms with Crippen molar-refractivity contribution in [3.63, 3.8) is 0 Å². The molecule has 0 aromatic heterocycles. The maximum atomic E-state index is 5.30. The summed E-state index contributed by atoms with van der Waals surface area (Å²) in [6.45, 7) is 5.42. The molecular weight excluding hydrogens is 250 g/mol. The molecular formula is C16H27N3O. The first-order valence-corrected chi connectivity index (χ1v) is 7.43. The zero-order chi connectivity index (χ0) is 14.5. The molecule has 1 aromatic carbocycles. The molecule has 0 fully saturated rings. The molecule has 0 heterocycles. The van der Waals surface area contributed by atoms with Gasteiger partial charge in [0, 0.05) is 33.4 Å². The molecule has 1 aromatic rings. The molecule has 0 bridgehead atoms. The van der Waals surface area contributed by atoms with Crippen LogP contribution in [0.3, 0.4) is 0 Å². The van der Waals surface area contributed by atoms with E-state index in [0.717, 1.165) is 51.5 Å². The van der Waals surface area contributed by atoms with Gasteiger partial charge in [0.1, 0.15) is 0 Å². The second-order valence-corrected chi connectivity index (χ2v) is 4.57. The quantitative estimate of drug-likeness (QED) is 0.413. The SMILES string of the molecule is CCOCCCNC(=NC)NCCCc1ccccc1. The highest BCUT2D eigenvalue weighted by Gasteiger charge is 1.97. The van der Waals surface area contributed by atoms with E-state index in [1.807, 2.05) is 6.92 Å². The minimum absolute atomic E-state index is 0.784. The van der Waals surface area contributed by atoms with Crippen molar-refractivity contribution in [2.75, 3.05) is 33.4 Å². The Hall–Kier alpha value is -1.55. The van der Waals surface area contributed by atoms with Gasteiger partial charge in [-0.3, -0.25) is 4.99 Å². The van der Waals surface area contributed by atoms with Gasteiger partial charge in [-0.2, -0.15) is 0 Å². The Morgan fingerprint density at radius 2 is 1.80 bits per heavy atom. The average Bonchev–Trinajstić information content (AvgIpc) is 2.50. The Morgan fingerprint density at radius 1 is 1.10 bits per heavy atom. The average molecular weight is 277 g/mol. The van der Waals surface area contributed by atoms with Crippen LogP contribution < -0.4 is 10.6 Å². The fraction of sp³-hybridized carbons (Fsp3) is 0.562. The molecule has 0 aliphatic carbocycles. The first-order valence-electron chi connectivity index (χ1n) is 7.43. The smallest absolute Gasteiger partial charge is 0.190 e. The zero-order valence-electron chi connectivity index (χ0n) is 12.7. The largest absolute Gasteiger partial charge is 0.382 e. The molecule has 4 nitrogen and oxygen atoms in total. The van der Waals surface area contributed by atoms with E-state index < -0.39 is 0 Å². The first-order chi connectivity index (χ1) is 9.86. The molecule has 0 aliphatic rings. The molecule has 0 aliphatic heterocycles. The highest BCUT2D eigenvalue weighted by atomic mass is 16.5. The van der Waals surface area contributed by atoms with Gasteiger partial charge >= 0.3 is 0 Å². The summed E-state index contributed by atoms with van der Waals surface area (Å²) in [6, 6.07) is 10.6. The van der Waals surface area contributed by atoms with Gasteiger partial charge in [0.15, 0.2) is 5.96 Å². The van der Waals surface area contributed by atoms with Crippen LogP contribution in [0, 0.1) is 0 Å². The number of ether oxygens (including phenoxy) is 1. The van der Waals surface area contributed by atoms with Crippen LogP contribution in [0.15, 0.2) is 35.3 Å². The third-order valence-corrected chi connectivity index (χ3v) is 2.96. The monoisotopic (exact) mass is 277 g/mol. The lowest BCUT2D eigenvalue weighted by Crippen LogP contribution is -2.38. The number of benzene rings is 1. The van der Waals surface area contributed by atoms with Crippen LogP contribution in [-0.2, 0) is 11.2 Å². The summed E-state index contributed by atoms with van der Waals surface area (Å²) in [5.74, 6) is 0.870. The van der Waals surface area contributed by atoms with Gasteiger partial charge in [-0.05, 0) is 31.7 Å². The van der Waals surface area contributed by atoms with E-state index in [-0.39, 0.29) is 0 Å². The first kappa shape index (κ1) is 16.5. The van der Waals surface area contributed by atoms with Crippen LogP contribution in [0.25, 0.3) is 0 Å². The molecule has 2 N–H and O–H groups in total. The molecule has 0 unspecified atom stereocenters. The van der Waals surface area contributed by atoms with E-state index >= 15 is 0 Å². The molecule has 112 valence electrons. The van der Waals surface area contributed by atoms with Crippen molar-refractivity contribution in [3.8, 4) is 0 Å². The Balaban J connectivity index is 2.06. The Morgan fingerprint density at radius 3 is 2.45 bits per heavy atom. The molecule has 4 heteroatoms. The van der Waals surface area contributed by atoms with Crippen molar-refractivity contribution in [3.05, 3.63) is 35.9 Å². The lowest BCUT2D eigenvalue weighted by atomic mass is 10.1. The second-order valence-electron chi connectivity index (χ2n) is 4.57. The van der Waals surface area contributed by atoms with Gasteiger partial charge in [-0.1, -0.05) is 30.3 Å². The summed E-state index contributed by atoms with van der Waals surface area (Å²) >= 11 is 0. The fourth-order valence-electron chi connectivity index (χ4n) is 1.89. The van der Waals surface area contributed by atoms with Gasteiger partial charge in [0.05, 0.1) is 0 Å². The molecule has 0 saturated heterocycles. The number of nitrogens with one attached hydrogen (secondary N) is 2. The minimum Gasteiger partial charge on any atom is -0.382 e. The number of nitrogens with zero attached hydrogens (tertiary/aromatic N) is 1. The maximum Gasteiger partial charge on any atom is 0.190 e. The second kappa shape index (κ2) is 11.3.